The van der Waals surface area contributed by atoms with Gasteiger partial charge in [-0.05, 0) is 12.3 Å². The largest absolute Gasteiger partial charge is 0.314 e. The number of hydrogen-bond acceptors (Lipinski definition) is 5. The van der Waals surface area contributed by atoms with Crippen molar-refractivity contribution in [2.24, 2.45) is 0 Å². The molecule has 8 heteroatoms. The van der Waals surface area contributed by atoms with Gasteiger partial charge in [-0.2, -0.15) is 16.2 Å². The van der Waals surface area contributed by atoms with E-state index >= 15 is 0 Å². The van der Waals surface area contributed by atoms with Crippen LogP contribution in [0.2, 0.25) is 0 Å². The number of aromatic nitrogens is 2. The van der Waals surface area contributed by atoms with Crippen LogP contribution in [0.5, 0.6) is 0 Å². The molecular formula is C12H11F2N3OS2. The van der Waals surface area contributed by atoms with E-state index in [0.717, 1.165) is 17.5 Å². The van der Waals surface area contributed by atoms with Gasteiger partial charge < -0.3 is 5.32 Å². The molecule has 2 aromatic heterocycles. The summed E-state index contributed by atoms with van der Waals surface area (Å²) in [4.78, 5) is 18.9. The quantitative estimate of drug-likeness (QED) is 0.921. The highest BCUT2D eigenvalue weighted by atomic mass is 32.2. The van der Waals surface area contributed by atoms with Gasteiger partial charge in [-0.25, -0.2) is 9.37 Å². The van der Waals surface area contributed by atoms with E-state index < -0.39 is 11.8 Å². The van der Waals surface area contributed by atoms with Crippen LogP contribution in [0.1, 0.15) is 6.42 Å². The van der Waals surface area contributed by atoms with Gasteiger partial charge in [0.2, 0.25) is 11.9 Å². The minimum Gasteiger partial charge on any atom is -0.314 e. The normalized spacial score (nSPS) is 10.6. The summed E-state index contributed by atoms with van der Waals surface area (Å²) < 4.78 is 26.7. The lowest BCUT2D eigenvalue weighted by Crippen LogP contribution is -2.11. The molecule has 0 saturated heterocycles. The van der Waals surface area contributed by atoms with Gasteiger partial charge in [0.05, 0.1) is 6.20 Å². The van der Waals surface area contributed by atoms with E-state index in [4.69, 9.17) is 0 Å². The third-order valence-corrected chi connectivity index (χ3v) is 3.93. The van der Waals surface area contributed by atoms with Crippen LogP contribution < -0.4 is 5.32 Å². The fourth-order valence-electron chi connectivity index (χ4n) is 1.41. The van der Waals surface area contributed by atoms with Crippen molar-refractivity contribution < 1.29 is 13.6 Å². The maximum Gasteiger partial charge on any atom is 0.248 e. The minimum absolute atomic E-state index is 0.0374. The molecule has 2 heterocycles. The molecule has 4 nitrogen and oxygen atoms in total. The fraction of sp³-hybridized carbons (Fsp3) is 0.250. The molecule has 0 aliphatic carbocycles. The van der Waals surface area contributed by atoms with Crippen molar-refractivity contribution in [3.8, 4) is 10.6 Å². The van der Waals surface area contributed by atoms with Crippen LogP contribution in [-0.4, -0.2) is 27.9 Å². The van der Waals surface area contributed by atoms with E-state index in [0.29, 0.717) is 17.7 Å². The number of hydrogen-bond donors (Lipinski definition) is 1. The van der Waals surface area contributed by atoms with Crippen molar-refractivity contribution in [2.45, 2.75) is 6.42 Å². The molecule has 0 radical (unpaired) electrons. The van der Waals surface area contributed by atoms with Crippen LogP contribution in [0.3, 0.4) is 0 Å². The maximum absolute atomic E-state index is 13.6. The highest BCUT2D eigenvalue weighted by Gasteiger charge is 2.15. The highest BCUT2D eigenvalue weighted by molar-refractivity contribution is 7.98. The SMILES string of the molecule is CSCCC(=O)Nc1sc(-c2cncc(F)c2)nc1F. The summed E-state index contributed by atoms with van der Waals surface area (Å²) >= 11 is 2.48. The number of rotatable bonds is 5. The molecule has 0 saturated carbocycles. The number of thiazole rings is 1. The average molecular weight is 315 g/mol. The predicted molar refractivity (Wildman–Crippen MR) is 76.9 cm³/mol. The number of nitrogens with one attached hydrogen (secondary N) is 1. The van der Waals surface area contributed by atoms with Crippen LogP contribution in [0.25, 0.3) is 10.6 Å². The smallest absolute Gasteiger partial charge is 0.248 e. The van der Waals surface area contributed by atoms with Gasteiger partial charge in [0, 0.05) is 23.9 Å². The number of amides is 1. The first-order valence-corrected chi connectivity index (χ1v) is 7.87. The molecule has 0 aliphatic heterocycles. The Labute approximate surface area is 122 Å². The van der Waals surface area contributed by atoms with Gasteiger partial charge in [-0.3, -0.25) is 9.78 Å². The zero-order valence-corrected chi connectivity index (χ0v) is 12.2. The second-order valence-corrected chi connectivity index (χ2v) is 5.81. The van der Waals surface area contributed by atoms with E-state index in [1.807, 2.05) is 6.26 Å². The van der Waals surface area contributed by atoms with Crippen molar-refractivity contribution in [3.63, 3.8) is 0 Å². The highest BCUT2D eigenvalue weighted by Crippen LogP contribution is 2.31. The molecule has 0 unspecified atom stereocenters. The molecule has 0 bridgehead atoms. The number of carbonyl (C=O) groups excluding carboxylic acids is 1. The second kappa shape index (κ2) is 6.76. The summed E-state index contributed by atoms with van der Waals surface area (Å²) in [5.74, 6) is -0.909. The number of pyridine rings is 1. The summed E-state index contributed by atoms with van der Waals surface area (Å²) in [5.41, 5.74) is 0.374. The zero-order chi connectivity index (χ0) is 14.5. The molecule has 1 N–H and O–H groups in total. The number of carbonyl (C=O) groups is 1. The van der Waals surface area contributed by atoms with E-state index in [2.05, 4.69) is 15.3 Å². The molecule has 0 atom stereocenters. The van der Waals surface area contributed by atoms with Crippen LogP contribution >= 0.6 is 23.1 Å². The molecule has 0 aromatic carbocycles. The van der Waals surface area contributed by atoms with E-state index in [1.54, 1.807) is 0 Å². The molecule has 1 amide bonds. The lowest BCUT2D eigenvalue weighted by molar-refractivity contribution is -0.115. The Balaban J connectivity index is 2.15. The lowest BCUT2D eigenvalue weighted by atomic mass is 10.3. The summed E-state index contributed by atoms with van der Waals surface area (Å²) in [7, 11) is 0. The van der Waals surface area contributed by atoms with Crippen LogP contribution in [0, 0.1) is 11.8 Å². The third-order valence-electron chi connectivity index (χ3n) is 2.32. The van der Waals surface area contributed by atoms with Gasteiger partial charge in [-0.1, -0.05) is 11.3 Å². The molecule has 0 fully saturated rings. The van der Waals surface area contributed by atoms with Gasteiger partial charge in [0.25, 0.3) is 0 Å². The fourth-order valence-corrected chi connectivity index (χ4v) is 2.65. The summed E-state index contributed by atoms with van der Waals surface area (Å²) in [6.07, 6.45) is 4.63. The van der Waals surface area contributed by atoms with Gasteiger partial charge in [-0.15, -0.1) is 0 Å². The van der Waals surface area contributed by atoms with Gasteiger partial charge >= 0.3 is 0 Å². The van der Waals surface area contributed by atoms with Crippen LogP contribution in [0.4, 0.5) is 13.8 Å². The molecule has 2 aromatic rings. The lowest BCUT2D eigenvalue weighted by Gasteiger charge is -2.00. The van der Waals surface area contributed by atoms with E-state index in [-0.39, 0.29) is 15.9 Å². The summed E-state index contributed by atoms with van der Waals surface area (Å²) in [5, 5.41) is 2.77. The average Bonchev–Trinajstić information content (AvgIpc) is 2.78. The zero-order valence-electron chi connectivity index (χ0n) is 10.5. The number of anilines is 1. The molecule has 2 rings (SSSR count). The number of nitrogens with zero attached hydrogens (tertiary/aromatic N) is 2. The van der Waals surface area contributed by atoms with E-state index in [1.165, 1.54) is 24.0 Å². The predicted octanol–water partition coefficient (Wildman–Crippen LogP) is 3.17. The van der Waals surface area contributed by atoms with Gasteiger partial charge in [0.1, 0.15) is 10.8 Å². The molecule has 0 spiro atoms. The first-order chi connectivity index (χ1) is 9.60. The van der Waals surface area contributed by atoms with Crippen molar-refractivity contribution >= 4 is 34.0 Å². The monoisotopic (exact) mass is 315 g/mol. The Morgan fingerprint density at radius 1 is 1.45 bits per heavy atom. The van der Waals surface area contributed by atoms with Crippen LogP contribution in [-0.2, 0) is 4.79 Å². The Hall–Kier alpha value is -1.54. The molecular weight excluding hydrogens is 304 g/mol. The molecule has 0 aliphatic rings. The summed E-state index contributed by atoms with van der Waals surface area (Å²) in [6.45, 7) is 0. The number of halogens is 2. The Bertz CT molecular complexity index is 618. The van der Waals surface area contributed by atoms with Crippen molar-refractivity contribution in [3.05, 3.63) is 30.2 Å². The number of thioether (sulfide) groups is 1. The second-order valence-electron chi connectivity index (χ2n) is 3.82. The standard InChI is InChI=1S/C12H11F2N3OS2/c1-19-3-2-9(18)16-12-10(14)17-11(20-12)7-4-8(13)6-15-5-7/h4-6H,2-3H2,1H3,(H,16,18). The Morgan fingerprint density at radius 3 is 2.95 bits per heavy atom. The Kier molecular flexibility index (Phi) is 5.02. The van der Waals surface area contributed by atoms with Crippen molar-refractivity contribution in [1.82, 2.24) is 9.97 Å². The summed E-state index contributed by atoms with van der Waals surface area (Å²) in [6, 6.07) is 1.21. The van der Waals surface area contributed by atoms with Gasteiger partial charge in [0.15, 0.2) is 5.00 Å². The third kappa shape index (κ3) is 3.73. The topological polar surface area (TPSA) is 54.9 Å². The Morgan fingerprint density at radius 2 is 2.25 bits per heavy atom. The molecule has 106 valence electrons. The maximum atomic E-state index is 13.6. The molecule has 20 heavy (non-hydrogen) atoms. The minimum atomic E-state index is -0.772. The van der Waals surface area contributed by atoms with Crippen molar-refractivity contribution in [2.75, 3.05) is 17.3 Å². The van der Waals surface area contributed by atoms with Crippen LogP contribution in [0.15, 0.2) is 18.5 Å². The van der Waals surface area contributed by atoms with Crippen molar-refractivity contribution in [1.29, 1.82) is 0 Å². The first-order valence-electron chi connectivity index (χ1n) is 5.66. The van der Waals surface area contributed by atoms with E-state index in [9.17, 15) is 13.6 Å². The first kappa shape index (κ1) is 14.9.